The minimum Gasteiger partial charge on any atom is -0.345 e. The lowest BCUT2D eigenvalue weighted by atomic mass is 10.0. The number of hydrogen-bond acceptors (Lipinski definition) is 4. The highest BCUT2D eigenvalue weighted by Crippen LogP contribution is 2.19. The van der Waals surface area contributed by atoms with E-state index in [1.54, 1.807) is 12.4 Å². The molecule has 3 rings (SSSR count). The molecule has 0 aliphatic carbocycles. The first kappa shape index (κ1) is 16.4. The van der Waals surface area contributed by atoms with Crippen LogP contribution < -0.4 is 10.2 Å². The molecule has 0 saturated carbocycles. The Labute approximate surface area is 143 Å². The molecule has 5 heteroatoms. The highest BCUT2D eigenvalue weighted by Gasteiger charge is 2.19. The van der Waals surface area contributed by atoms with Gasteiger partial charge in [-0.15, -0.1) is 0 Å². The Morgan fingerprint density at radius 1 is 1.25 bits per heavy atom. The van der Waals surface area contributed by atoms with Crippen molar-refractivity contribution in [2.24, 2.45) is 5.92 Å². The highest BCUT2D eigenvalue weighted by molar-refractivity contribution is 5.93. The van der Waals surface area contributed by atoms with Crippen molar-refractivity contribution in [3.63, 3.8) is 0 Å². The molecule has 126 valence electrons. The fourth-order valence-corrected chi connectivity index (χ4v) is 3.08. The van der Waals surface area contributed by atoms with Crippen molar-refractivity contribution in [1.82, 2.24) is 15.3 Å². The quantitative estimate of drug-likeness (QED) is 0.938. The summed E-state index contributed by atoms with van der Waals surface area (Å²) in [6, 6.07) is 9.85. The molecule has 24 heavy (non-hydrogen) atoms. The smallest absolute Gasteiger partial charge is 0.254 e. The van der Waals surface area contributed by atoms with E-state index in [0.29, 0.717) is 17.4 Å². The number of rotatable bonds is 4. The van der Waals surface area contributed by atoms with Crippen LogP contribution in [0.15, 0.2) is 42.7 Å². The third-order valence-corrected chi connectivity index (χ3v) is 4.49. The zero-order chi connectivity index (χ0) is 16.9. The molecule has 5 nitrogen and oxygen atoms in total. The normalized spacial score (nSPS) is 18.9. The summed E-state index contributed by atoms with van der Waals surface area (Å²) in [6.07, 6.45) is 5.67. The van der Waals surface area contributed by atoms with Crippen LogP contribution in [0.1, 0.15) is 48.7 Å². The standard InChI is InChI=1S/C19H24N4O/c1-14-7-6-10-23(13-14)19-20-11-17(12-21-19)18(24)22-15(2)16-8-4-3-5-9-16/h3-5,8-9,11-12,14-15H,6-7,10,13H2,1-2H3,(H,22,24). The topological polar surface area (TPSA) is 58.1 Å². The van der Waals surface area contributed by atoms with Crippen LogP contribution in [-0.2, 0) is 0 Å². The SMILES string of the molecule is CC1CCCN(c2ncc(C(=O)NC(C)c3ccccc3)cn2)C1. The van der Waals surface area contributed by atoms with Crippen LogP contribution in [0.5, 0.6) is 0 Å². The van der Waals surface area contributed by atoms with Gasteiger partial charge in [0.2, 0.25) is 5.95 Å². The van der Waals surface area contributed by atoms with Gasteiger partial charge >= 0.3 is 0 Å². The molecule has 0 spiro atoms. The number of nitrogens with one attached hydrogen (secondary N) is 1. The molecule has 1 N–H and O–H groups in total. The molecule has 0 radical (unpaired) electrons. The second-order valence-electron chi connectivity index (χ2n) is 6.57. The number of piperidine rings is 1. The van der Waals surface area contributed by atoms with Gasteiger partial charge in [-0.3, -0.25) is 4.79 Å². The van der Waals surface area contributed by atoms with E-state index in [4.69, 9.17) is 0 Å². The Morgan fingerprint density at radius 2 is 1.96 bits per heavy atom. The third-order valence-electron chi connectivity index (χ3n) is 4.49. The number of carbonyl (C=O) groups excluding carboxylic acids is 1. The van der Waals surface area contributed by atoms with Crippen molar-refractivity contribution < 1.29 is 4.79 Å². The molecule has 1 aromatic carbocycles. The van der Waals surface area contributed by atoms with Gasteiger partial charge in [0.1, 0.15) is 0 Å². The van der Waals surface area contributed by atoms with E-state index < -0.39 is 0 Å². The van der Waals surface area contributed by atoms with Crippen LogP contribution in [-0.4, -0.2) is 29.0 Å². The first-order chi connectivity index (χ1) is 11.6. The van der Waals surface area contributed by atoms with E-state index in [0.717, 1.165) is 18.7 Å². The molecule has 2 heterocycles. The molecule has 1 aromatic heterocycles. The van der Waals surface area contributed by atoms with Gasteiger partial charge in [0, 0.05) is 25.5 Å². The number of aromatic nitrogens is 2. The molecular formula is C19H24N4O. The summed E-state index contributed by atoms with van der Waals surface area (Å²) >= 11 is 0. The number of nitrogens with zero attached hydrogens (tertiary/aromatic N) is 3. The van der Waals surface area contributed by atoms with Gasteiger partial charge in [-0.05, 0) is 31.2 Å². The third kappa shape index (κ3) is 3.91. The maximum Gasteiger partial charge on any atom is 0.254 e. The maximum absolute atomic E-state index is 12.4. The van der Waals surface area contributed by atoms with Crippen LogP contribution >= 0.6 is 0 Å². The molecule has 1 saturated heterocycles. The minimum atomic E-state index is -0.148. The summed E-state index contributed by atoms with van der Waals surface area (Å²) in [5.74, 6) is 1.23. The summed E-state index contributed by atoms with van der Waals surface area (Å²) in [7, 11) is 0. The molecule has 2 aromatic rings. The van der Waals surface area contributed by atoms with Crippen molar-refractivity contribution >= 4 is 11.9 Å². The van der Waals surface area contributed by atoms with E-state index in [1.165, 1.54) is 12.8 Å². The van der Waals surface area contributed by atoms with Crippen LogP contribution in [0.25, 0.3) is 0 Å². The Morgan fingerprint density at radius 3 is 2.62 bits per heavy atom. The molecule has 0 bridgehead atoms. The van der Waals surface area contributed by atoms with E-state index in [9.17, 15) is 4.79 Å². The fourth-order valence-electron chi connectivity index (χ4n) is 3.08. The lowest BCUT2D eigenvalue weighted by molar-refractivity contribution is 0.0939. The van der Waals surface area contributed by atoms with Crippen LogP contribution in [0.3, 0.4) is 0 Å². The summed E-state index contributed by atoms with van der Waals surface area (Å²) in [5.41, 5.74) is 1.57. The van der Waals surface area contributed by atoms with Gasteiger partial charge in [0.15, 0.2) is 0 Å². The number of amides is 1. The van der Waals surface area contributed by atoms with Gasteiger partial charge in [0.25, 0.3) is 5.91 Å². The fraction of sp³-hybridized carbons (Fsp3) is 0.421. The van der Waals surface area contributed by atoms with Gasteiger partial charge in [-0.25, -0.2) is 9.97 Å². The Bertz CT molecular complexity index is 672. The van der Waals surface area contributed by atoms with Crippen molar-refractivity contribution in [2.75, 3.05) is 18.0 Å². The molecule has 1 aliphatic heterocycles. The van der Waals surface area contributed by atoms with E-state index in [-0.39, 0.29) is 11.9 Å². The summed E-state index contributed by atoms with van der Waals surface area (Å²) in [5, 5.41) is 2.99. The van der Waals surface area contributed by atoms with Crippen molar-refractivity contribution in [2.45, 2.75) is 32.7 Å². The number of hydrogen-bond donors (Lipinski definition) is 1. The van der Waals surface area contributed by atoms with Gasteiger partial charge < -0.3 is 10.2 Å². The molecule has 1 fully saturated rings. The molecule has 1 aliphatic rings. The van der Waals surface area contributed by atoms with Crippen molar-refractivity contribution in [1.29, 1.82) is 0 Å². The van der Waals surface area contributed by atoms with E-state index in [2.05, 4.69) is 27.1 Å². The second-order valence-corrected chi connectivity index (χ2v) is 6.57. The Kier molecular flexibility index (Phi) is 5.08. The minimum absolute atomic E-state index is 0.0543. The van der Waals surface area contributed by atoms with Crippen LogP contribution in [0, 0.1) is 5.92 Å². The predicted molar refractivity (Wildman–Crippen MR) is 95.0 cm³/mol. The van der Waals surface area contributed by atoms with Crippen LogP contribution in [0.2, 0.25) is 0 Å². The summed E-state index contributed by atoms with van der Waals surface area (Å²) < 4.78 is 0. The summed E-state index contributed by atoms with van der Waals surface area (Å²) in [6.45, 7) is 6.19. The average Bonchev–Trinajstić information content (AvgIpc) is 2.62. The molecule has 1 amide bonds. The lowest BCUT2D eigenvalue weighted by Gasteiger charge is -2.30. The van der Waals surface area contributed by atoms with Gasteiger partial charge in [0.05, 0.1) is 11.6 Å². The van der Waals surface area contributed by atoms with Crippen molar-refractivity contribution in [3.05, 3.63) is 53.9 Å². The van der Waals surface area contributed by atoms with E-state index in [1.807, 2.05) is 37.3 Å². The predicted octanol–water partition coefficient (Wildman–Crippen LogP) is 3.20. The zero-order valence-electron chi connectivity index (χ0n) is 14.3. The number of carbonyl (C=O) groups is 1. The lowest BCUT2D eigenvalue weighted by Crippen LogP contribution is -2.35. The highest BCUT2D eigenvalue weighted by atomic mass is 16.1. The Balaban J connectivity index is 1.63. The molecule has 2 unspecified atom stereocenters. The average molecular weight is 324 g/mol. The van der Waals surface area contributed by atoms with Crippen LogP contribution in [0.4, 0.5) is 5.95 Å². The number of benzene rings is 1. The largest absolute Gasteiger partial charge is 0.345 e. The monoisotopic (exact) mass is 324 g/mol. The maximum atomic E-state index is 12.4. The molecule has 2 atom stereocenters. The van der Waals surface area contributed by atoms with Gasteiger partial charge in [-0.1, -0.05) is 37.3 Å². The zero-order valence-corrected chi connectivity index (χ0v) is 14.3. The summed E-state index contributed by atoms with van der Waals surface area (Å²) in [4.78, 5) is 23.3. The first-order valence-electron chi connectivity index (χ1n) is 8.56. The van der Waals surface area contributed by atoms with Crippen molar-refractivity contribution in [3.8, 4) is 0 Å². The first-order valence-corrected chi connectivity index (χ1v) is 8.56. The van der Waals surface area contributed by atoms with E-state index >= 15 is 0 Å². The Hall–Kier alpha value is -2.43. The molecular weight excluding hydrogens is 300 g/mol. The number of anilines is 1. The van der Waals surface area contributed by atoms with Gasteiger partial charge in [-0.2, -0.15) is 0 Å². The second kappa shape index (κ2) is 7.43.